The number of nitrogens with one attached hydrogen (secondary N) is 2. The molecule has 6 nitrogen and oxygen atoms in total. The van der Waals surface area contributed by atoms with Crippen molar-refractivity contribution in [1.82, 2.24) is 15.5 Å². The molecular weight excluding hydrogens is 369 g/mol. The Morgan fingerprint density at radius 2 is 2.03 bits per heavy atom. The van der Waals surface area contributed by atoms with Crippen molar-refractivity contribution in [3.05, 3.63) is 29.6 Å². The molecule has 162 valence electrons. The largest absolute Gasteiger partial charge is 0.378 e. The van der Waals surface area contributed by atoms with Crippen LogP contribution in [0.2, 0.25) is 0 Å². The molecule has 2 aliphatic rings. The third-order valence-corrected chi connectivity index (χ3v) is 5.82. The first kappa shape index (κ1) is 21.8. The Bertz CT molecular complexity index is 690. The highest BCUT2D eigenvalue weighted by molar-refractivity contribution is 5.80. The first-order chi connectivity index (χ1) is 14.0. The number of likely N-dealkylation sites (tertiary alicyclic amines) is 1. The molecule has 0 aliphatic carbocycles. The minimum atomic E-state index is -0.186. The van der Waals surface area contributed by atoms with Gasteiger partial charge in [0.05, 0.1) is 25.4 Å². The molecule has 2 saturated heterocycles. The average Bonchev–Trinajstić information content (AvgIpc) is 3.08. The van der Waals surface area contributed by atoms with Gasteiger partial charge < -0.3 is 20.3 Å². The maximum atomic E-state index is 14.6. The van der Waals surface area contributed by atoms with Gasteiger partial charge in [0.15, 0.2) is 5.96 Å². The third-order valence-electron chi connectivity index (χ3n) is 5.82. The molecule has 2 fully saturated rings. The number of benzene rings is 1. The summed E-state index contributed by atoms with van der Waals surface area (Å²) >= 11 is 0. The van der Waals surface area contributed by atoms with Crippen LogP contribution in [0.1, 0.15) is 33.3 Å². The van der Waals surface area contributed by atoms with Crippen LogP contribution in [0.15, 0.2) is 23.2 Å². The number of aliphatic imine (C=N–C) groups is 1. The molecule has 0 bridgehead atoms. The summed E-state index contributed by atoms with van der Waals surface area (Å²) in [7, 11) is 0. The minimum Gasteiger partial charge on any atom is -0.378 e. The lowest BCUT2D eigenvalue weighted by Gasteiger charge is -2.29. The molecule has 0 aromatic heterocycles. The molecule has 2 atom stereocenters. The quantitative estimate of drug-likeness (QED) is 0.562. The highest BCUT2D eigenvalue weighted by Crippen LogP contribution is 2.22. The number of morpholine rings is 1. The standard InChI is InChI=1S/C22H36FN5O/c1-5-24-22(26-20-15-28(16(2)3)14-17(20)4)25-13-18-6-7-21(19(23)12-18)27-8-10-29-11-9-27/h6-7,12,16-17,20H,5,8-11,13-15H2,1-4H3,(H2,24,25,26). The van der Waals surface area contributed by atoms with E-state index in [0.717, 1.165) is 44.2 Å². The summed E-state index contributed by atoms with van der Waals surface area (Å²) in [6.07, 6.45) is 0. The molecule has 0 saturated carbocycles. The fourth-order valence-electron chi connectivity index (χ4n) is 3.99. The second-order valence-electron chi connectivity index (χ2n) is 8.36. The number of hydrogen-bond donors (Lipinski definition) is 2. The molecule has 29 heavy (non-hydrogen) atoms. The predicted octanol–water partition coefficient (Wildman–Crippen LogP) is 2.45. The van der Waals surface area contributed by atoms with E-state index in [-0.39, 0.29) is 5.82 Å². The topological polar surface area (TPSA) is 52.1 Å². The monoisotopic (exact) mass is 405 g/mol. The van der Waals surface area contributed by atoms with Crippen LogP contribution in [0, 0.1) is 11.7 Å². The molecule has 0 radical (unpaired) electrons. The van der Waals surface area contributed by atoms with E-state index in [4.69, 9.17) is 9.73 Å². The van der Waals surface area contributed by atoms with Gasteiger partial charge in [-0.15, -0.1) is 0 Å². The lowest BCUT2D eigenvalue weighted by molar-refractivity contribution is 0.122. The summed E-state index contributed by atoms with van der Waals surface area (Å²) in [6, 6.07) is 6.37. The van der Waals surface area contributed by atoms with Gasteiger partial charge in [0, 0.05) is 44.8 Å². The molecule has 2 aliphatic heterocycles. The molecule has 2 heterocycles. The summed E-state index contributed by atoms with van der Waals surface area (Å²) in [5.41, 5.74) is 1.53. The molecule has 3 rings (SSSR count). The van der Waals surface area contributed by atoms with Crippen LogP contribution >= 0.6 is 0 Å². The van der Waals surface area contributed by atoms with Crippen LogP contribution in [0.25, 0.3) is 0 Å². The van der Waals surface area contributed by atoms with Crippen LogP contribution in [0.3, 0.4) is 0 Å². The van der Waals surface area contributed by atoms with Gasteiger partial charge in [0.25, 0.3) is 0 Å². The summed E-state index contributed by atoms with van der Waals surface area (Å²) in [6.45, 7) is 15.0. The number of ether oxygens (including phenoxy) is 1. The van der Waals surface area contributed by atoms with Crippen molar-refractivity contribution >= 4 is 11.6 Å². The number of nitrogens with zero attached hydrogens (tertiary/aromatic N) is 3. The van der Waals surface area contributed by atoms with E-state index in [9.17, 15) is 4.39 Å². The van der Waals surface area contributed by atoms with Crippen LogP contribution in [-0.2, 0) is 11.3 Å². The van der Waals surface area contributed by atoms with Crippen LogP contribution < -0.4 is 15.5 Å². The number of rotatable bonds is 6. The van der Waals surface area contributed by atoms with Gasteiger partial charge in [-0.2, -0.15) is 0 Å². The highest BCUT2D eigenvalue weighted by Gasteiger charge is 2.31. The lowest BCUT2D eigenvalue weighted by atomic mass is 10.1. The summed E-state index contributed by atoms with van der Waals surface area (Å²) in [5.74, 6) is 1.17. The minimum absolute atomic E-state index is 0.186. The van der Waals surface area contributed by atoms with Crippen molar-refractivity contribution in [2.45, 2.75) is 46.3 Å². The second-order valence-corrected chi connectivity index (χ2v) is 8.36. The van der Waals surface area contributed by atoms with Crippen molar-refractivity contribution in [1.29, 1.82) is 0 Å². The Hall–Kier alpha value is -1.86. The summed E-state index contributed by atoms with van der Waals surface area (Å²) in [5, 5.41) is 6.91. The Morgan fingerprint density at radius 3 is 2.66 bits per heavy atom. The molecule has 0 spiro atoms. The van der Waals surface area contributed by atoms with Crippen molar-refractivity contribution in [3.63, 3.8) is 0 Å². The fourth-order valence-corrected chi connectivity index (χ4v) is 3.99. The van der Waals surface area contributed by atoms with Crippen molar-refractivity contribution in [2.24, 2.45) is 10.9 Å². The SMILES string of the molecule is CCNC(=NCc1ccc(N2CCOCC2)c(F)c1)NC1CN(C(C)C)CC1C. The van der Waals surface area contributed by atoms with Crippen LogP contribution in [0.4, 0.5) is 10.1 Å². The van der Waals surface area contributed by atoms with Crippen LogP contribution in [0.5, 0.6) is 0 Å². The average molecular weight is 406 g/mol. The van der Waals surface area contributed by atoms with Gasteiger partial charge in [-0.1, -0.05) is 13.0 Å². The number of halogens is 1. The smallest absolute Gasteiger partial charge is 0.191 e. The zero-order valence-electron chi connectivity index (χ0n) is 18.2. The third kappa shape index (κ3) is 5.82. The van der Waals surface area contributed by atoms with E-state index >= 15 is 0 Å². The van der Waals surface area contributed by atoms with E-state index < -0.39 is 0 Å². The number of anilines is 1. The Kier molecular flexibility index (Phi) is 7.72. The van der Waals surface area contributed by atoms with Gasteiger partial charge >= 0.3 is 0 Å². The zero-order chi connectivity index (χ0) is 20.8. The van der Waals surface area contributed by atoms with E-state index in [1.165, 1.54) is 0 Å². The molecule has 2 unspecified atom stereocenters. The van der Waals surface area contributed by atoms with Gasteiger partial charge in [0.2, 0.25) is 0 Å². The molecule has 1 aromatic carbocycles. The Morgan fingerprint density at radius 1 is 1.28 bits per heavy atom. The van der Waals surface area contributed by atoms with E-state index in [2.05, 4.69) is 43.2 Å². The van der Waals surface area contributed by atoms with Crippen molar-refractivity contribution < 1.29 is 9.13 Å². The predicted molar refractivity (Wildman–Crippen MR) is 117 cm³/mol. The van der Waals surface area contributed by atoms with E-state index in [1.54, 1.807) is 6.07 Å². The normalized spacial score (nSPS) is 23.7. The zero-order valence-corrected chi connectivity index (χ0v) is 18.2. The first-order valence-corrected chi connectivity index (χ1v) is 10.9. The fraction of sp³-hybridized carbons (Fsp3) is 0.682. The Balaban J connectivity index is 1.63. The summed E-state index contributed by atoms with van der Waals surface area (Å²) in [4.78, 5) is 9.24. The highest BCUT2D eigenvalue weighted by atomic mass is 19.1. The number of hydrogen-bond acceptors (Lipinski definition) is 4. The van der Waals surface area contributed by atoms with E-state index in [0.29, 0.717) is 43.4 Å². The number of guanidine groups is 1. The van der Waals surface area contributed by atoms with Crippen LogP contribution in [-0.4, -0.2) is 68.9 Å². The molecular formula is C22H36FN5O. The maximum absolute atomic E-state index is 14.6. The Labute approximate surface area is 174 Å². The molecule has 0 amide bonds. The second kappa shape index (κ2) is 10.3. The molecule has 2 N–H and O–H groups in total. The molecule has 7 heteroatoms. The lowest BCUT2D eigenvalue weighted by Crippen LogP contribution is -2.46. The van der Waals surface area contributed by atoms with Gasteiger partial charge in [-0.05, 0) is 44.4 Å². The van der Waals surface area contributed by atoms with Gasteiger partial charge in [0.1, 0.15) is 5.82 Å². The first-order valence-electron chi connectivity index (χ1n) is 10.9. The van der Waals surface area contributed by atoms with Gasteiger partial charge in [-0.3, -0.25) is 4.90 Å². The van der Waals surface area contributed by atoms with Gasteiger partial charge in [-0.25, -0.2) is 9.38 Å². The van der Waals surface area contributed by atoms with Crippen molar-refractivity contribution in [3.8, 4) is 0 Å². The maximum Gasteiger partial charge on any atom is 0.191 e. The van der Waals surface area contributed by atoms with Crippen molar-refractivity contribution in [2.75, 3.05) is 50.8 Å². The molecule has 1 aromatic rings. The summed E-state index contributed by atoms with van der Waals surface area (Å²) < 4.78 is 20.0. The van der Waals surface area contributed by atoms with E-state index in [1.807, 2.05) is 17.0 Å².